The molecule has 57 heavy (non-hydrogen) atoms. The van der Waals surface area contributed by atoms with Crippen LogP contribution in [0.25, 0.3) is 79.0 Å². The lowest BCUT2D eigenvalue weighted by Crippen LogP contribution is -2.61. The second kappa shape index (κ2) is 13.4. The minimum Gasteiger partial charge on any atom is -0.308 e. The first-order chi connectivity index (χ1) is 28.2. The molecule has 4 unspecified atom stereocenters. The molecule has 3 aromatic heterocycles. The van der Waals surface area contributed by atoms with E-state index in [4.69, 9.17) is 0 Å². The van der Waals surface area contributed by atoms with Crippen LogP contribution in [0.2, 0.25) is 0 Å². The third-order valence-corrected chi connectivity index (χ3v) is 14.4. The smallest absolute Gasteiger partial charge is 0.0862 e. The average Bonchev–Trinajstić information content (AvgIpc) is 3.95. The van der Waals surface area contributed by atoms with E-state index in [0.717, 1.165) is 6.42 Å². The van der Waals surface area contributed by atoms with Gasteiger partial charge in [-0.3, -0.25) is 16.0 Å². The van der Waals surface area contributed by atoms with Crippen LogP contribution in [0.5, 0.6) is 0 Å². The van der Waals surface area contributed by atoms with Crippen LogP contribution in [-0.4, -0.2) is 10.7 Å². The summed E-state index contributed by atoms with van der Waals surface area (Å²) in [5, 5.41) is 19.5. The Hall–Kier alpha value is -5.86. The van der Waals surface area contributed by atoms with E-state index in [1.165, 1.54) is 90.1 Å². The second-order valence-corrected chi connectivity index (χ2v) is 17.5. The molecule has 4 heterocycles. The van der Waals surface area contributed by atoms with Crippen LogP contribution in [0, 0.1) is 5.92 Å². The molecule has 0 bridgehead atoms. The molecular weight excluding hydrogens is 733 g/mol. The van der Waals surface area contributed by atoms with E-state index in [0.29, 0.717) is 5.92 Å². The minimum atomic E-state index is -0.00827. The lowest BCUT2D eigenvalue weighted by atomic mass is 9.94. The summed E-state index contributed by atoms with van der Waals surface area (Å²) in [6, 6.07) is 56.2. The van der Waals surface area contributed by atoms with Crippen LogP contribution in [-0.2, 0) is 0 Å². The molecule has 4 atom stereocenters. The minimum absolute atomic E-state index is 0.00827. The summed E-state index contributed by atoms with van der Waals surface area (Å²) in [7, 11) is 0. The Morgan fingerprint density at radius 3 is 1.95 bits per heavy atom. The molecule has 7 aromatic carbocycles. The highest BCUT2D eigenvalue weighted by molar-refractivity contribution is 7.26. The molecule has 10 aromatic rings. The molecule has 4 nitrogen and oxygen atoms in total. The van der Waals surface area contributed by atoms with E-state index < -0.39 is 0 Å². The van der Waals surface area contributed by atoms with E-state index in [2.05, 4.69) is 196 Å². The number of nitrogens with zero attached hydrogens (tertiary/aromatic N) is 1. The largest absolute Gasteiger partial charge is 0.308 e. The summed E-state index contributed by atoms with van der Waals surface area (Å²) in [5.41, 5.74) is 8.70. The van der Waals surface area contributed by atoms with Gasteiger partial charge in [0.2, 0.25) is 0 Å². The fraction of sp³-hybridized carbons (Fsp3) is 0.0980. The zero-order valence-corrected chi connectivity index (χ0v) is 32.7. The van der Waals surface area contributed by atoms with Crippen LogP contribution in [0.15, 0.2) is 176 Å². The van der Waals surface area contributed by atoms with Gasteiger partial charge in [-0.25, -0.2) is 0 Å². The first-order valence-corrected chi connectivity index (χ1v) is 21.4. The predicted octanol–water partition coefficient (Wildman–Crippen LogP) is 13.1. The molecule has 274 valence electrons. The molecule has 1 aliphatic carbocycles. The molecule has 0 spiro atoms. The highest BCUT2D eigenvalue weighted by atomic mass is 32.1. The molecule has 1 aliphatic heterocycles. The number of aromatic nitrogens is 1. The van der Waals surface area contributed by atoms with Crippen molar-refractivity contribution in [1.29, 1.82) is 0 Å². The molecule has 0 saturated carbocycles. The standard InChI is InChI=1S/C51H38N4S2/c1-3-12-31(13-4-1)49-52-50(32-14-5-2-6-15-32)54-51(53-49)35-24-27-46-41(29-35)40-28-33(23-26-45(40)56-46)34-22-25-38-39-18-11-21-44(48(39)57-47(38)30-34)55-42-19-9-7-16-36(42)37-17-8-10-20-43(37)55/h1-14,16-30,32,49-54H,15H2. The Kier molecular flexibility index (Phi) is 7.81. The molecule has 1 fully saturated rings. The summed E-state index contributed by atoms with van der Waals surface area (Å²) < 4.78 is 7.70. The molecule has 0 amide bonds. The van der Waals surface area contributed by atoms with Gasteiger partial charge in [-0.2, -0.15) is 0 Å². The van der Waals surface area contributed by atoms with Gasteiger partial charge < -0.3 is 4.57 Å². The van der Waals surface area contributed by atoms with Gasteiger partial charge in [-0.05, 0) is 77.2 Å². The molecule has 1 saturated heterocycles. The molecule has 3 N–H and O–H groups in total. The van der Waals surface area contributed by atoms with Crippen molar-refractivity contribution in [3.05, 3.63) is 187 Å². The lowest BCUT2D eigenvalue weighted by molar-refractivity contribution is 0.170. The average molecular weight is 771 g/mol. The quantitative estimate of drug-likeness (QED) is 0.163. The van der Waals surface area contributed by atoms with E-state index in [1.54, 1.807) is 0 Å². The summed E-state index contributed by atoms with van der Waals surface area (Å²) >= 11 is 3.78. The monoisotopic (exact) mass is 770 g/mol. The van der Waals surface area contributed by atoms with Crippen molar-refractivity contribution in [2.45, 2.75) is 24.9 Å². The van der Waals surface area contributed by atoms with Gasteiger partial charge >= 0.3 is 0 Å². The first kappa shape index (κ1) is 33.3. The number of allylic oxidation sites excluding steroid dienone is 3. The van der Waals surface area contributed by atoms with Crippen LogP contribution in [0.3, 0.4) is 0 Å². The number of hydrogen-bond acceptors (Lipinski definition) is 5. The lowest BCUT2D eigenvalue weighted by Gasteiger charge is -2.42. The normalized spacial score (nSPS) is 19.9. The second-order valence-electron chi connectivity index (χ2n) is 15.4. The van der Waals surface area contributed by atoms with E-state index in [9.17, 15) is 0 Å². The van der Waals surface area contributed by atoms with Gasteiger partial charge in [0.15, 0.2) is 0 Å². The first-order valence-electron chi connectivity index (χ1n) is 19.8. The highest BCUT2D eigenvalue weighted by Gasteiger charge is 2.32. The van der Waals surface area contributed by atoms with Crippen molar-refractivity contribution < 1.29 is 0 Å². The molecule has 2 aliphatic rings. The molecule has 12 rings (SSSR count). The summed E-state index contributed by atoms with van der Waals surface area (Å²) in [6.45, 7) is 0. The Morgan fingerprint density at radius 2 is 1.16 bits per heavy atom. The number of rotatable bonds is 5. The van der Waals surface area contributed by atoms with Crippen LogP contribution in [0.1, 0.15) is 29.9 Å². The Morgan fingerprint density at radius 1 is 0.474 bits per heavy atom. The SMILES string of the molecule is C1=CCC(C2NC(c3ccccc3)NC(c3ccc4sc5ccc(-c6ccc7c(c6)sc6c(-n8c9ccccc9c9ccccc98)cccc67)cc5c4c3)N2)C=C1. The van der Waals surface area contributed by atoms with Gasteiger partial charge in [-0.15, -0.1) is 22.7 Å². The van der Waals surface area contributed by atoms with Crippen molar-refractivity contribution >= 4 is 84.8 Å². The Bertz CT molecular complexity index is 3190. The van der Waals surface area contributed by atoms with Crippen LogP contribution < -0.4 is 16.0 Å². The van der Waals surface area contributed by atoms with Gasteiger partial charge in [0, 0.05) is 52.3 Å². The number of thiophene rings is 2. The maximum atomic E-state index is 3.94. The summed E-state index contributed by atoms with van der Waals surface area (Å²) in [5.74, 6) is 0.373. The number of para-hydroxylation sites is 2. The van der Waals surface area contributed by atoms with Gasteiger partial charge in [-0.1, -0.05) is 127 Å². The third-order valence-electron chi connectivity index (χ3n) is 12.1. The fourth-order valence-corrected chi connectivity index (χ4v) is 11.6. The maximum Gasteiger partial charge on any atom is 0.0862 e. The van der Waals surface area contributed by atoms with E-state index in [-0.39, 0.29) is 18.5 Å². The van der Waals surface area contributed by atoms with Crippen molar-refractivity contribution in [1.82, 2.24) is 20.5 Å². The Labute approximate surface area is 338 Å². The zero-order chi connectivity index (χ0) is 37.5. The topological polar surface area (TPSA) is 41.0 Å². The number of hydrogen-bond donors (Lipinski definition) is 3. The van der Waals surface area contributed by atoms with Gasteiger partial charge in [0.05, 0.1) is 39.9 Å². The highest BCUT2D eigenvalue weighted by Crippen LogP contribution is 2.43. The van der Waals surface area contributed by atoms with Gasteiger partial charge in [0.1, 0.15) is 0 Å². The Balaban J connectivity index is 0.929. The van der Waals surface area contributed by atoms with E-state index >= 15 is 0 Å². The van der Waals surface area contributed by atoms with Crippen molar-refractivity contribution in [2.24, 2.45) is 5.92 Å². The number of benzene rings is 7. The predicted molar refractivity (Wildman–Crippen MR) is 244 cm³/mol. The van der Waals surface area contributed by atoms with Crippen molar-refractivity contribution in [2.75, 3.05) is 0 Å². The molecular formula is C51H38N4S2. The summed E-state index contributed by atoms with van der Waals surface area (Å²) in [4.78, 5) is 0. The fourth-order valence-electron chi connectivity index (χ4n) is 9.27. The zero-order valence-electron chi connectivity index (χ0n) is 31.0. The van der Waals surface area contributed by atoms with Gasteiger partial charge in [0.25, 0.3) is 0 Å². The maximum absolute atomic E-state index is 3.94. The number of fused-ring (bicyclic) bond motifs is 9. The molecule has 0 radical (unpaired) electrons. The third kappa shape index (κ3) is 5.52. The van der Waals surface area contributed by atoms with Crippen molar-refractivity contribution in [3.63, 3.8) is 0 Å². The number of nitrogens with one attached hydrogen (secondary N) is 3. The van der Waals surface area contributed by atoms with Crippen LogP contribution in [0.4, 0.5) is 0 Å². The summed E-state index contributed by atoms with van der Waals surface area (Å²) in [6.07, 6.45) is 10.1. The molecule has 6 heteroatoms. The van der Waals surface area contributed by atoms with Crippen molar-refractivity contribution in [3.8, 4) is 16.8 Å². The van der Waals surface area contributed by atoms with E-state index in [1.807, 2.05) is 22.7 Å². The van der Waals surface area contributed by atoms with Crippen LogP contribution >= 0.6 is 22.7 Å².